The van der Waals surface area contributed by atoms with Gasteiger partial charge in [-0.05, 0) is 43.7 Å². The lowest BCUT2D eigenvalue weighted by atomic mass is 10.1. The third-order valence-electron chi connectivity index (χ3n) is 3.71. The van der Waals surface area contributed by atoms with Gasteiger partial charge in [0.05, 0.1) is 11.0 Å². The zero-order valence-electron chi connectivity index (χ0n) is 12.5. The van der Waals surface area contributed by atoms with Crippen LogP contribution in [-0.4, -0.2) is 4.57 Å². The van der Waals surface area contributed by atoms with E-state index in [4.69, 9.17) is 0 Å². The molecule has 0 unspecified atom stereocenters. The second-order valence-corrected chi connectivity index (χ2v) is 5.20. The quantitative estimate of drug-likeness (QED) is 0.539. The van der Waals surface area contributed by atoms with Crippen LogP contribution >= 0.6 is 0 Å². The maximum atomic E-state index is 3.85. The predicted octanol–water partition coefficient (Wildman–Crippen LogP) is 5.71. The molecule has 0 aliphatic rings. The smallest absolute Gasteiger partial charge is 0.0543 e. The number of fused-ring (bicyclic) bond motifs is 3. The second kappa shape index (κ2) is 5.45. The number of aromatic nitrogens is 1. The van der Waals surface area contributed by atoms with Gasteiger partial charge in [-0.25, -0.2) is 0 Å². The number of para-hydroxylation sites is 1. The lowest BCUT2D eigenvalue weighted by Crippen LogP contribution is -1.94. The van der Waals surface area contributed by atoms with Gasteiger partial charge in [0.2, 0.25) is 0 Å². The van der Waals surface area contributed by atoms with Crippen LogP contribution in [0.4, 0.5) is 0 Å². The zero-order valence-corrected chi connectivity index (χ0v) is 12.5. The molecule has 2 aromatic carbocycles. The molecule has 1 aromatic heterocycles. The highest BCUT2D eigenvalue weighted by atomic mass is 15.0. The highest BCUT2D eigenvalue weighted by molar-refractivity contribution is 6.10. The molecule has 1 heterocycles. The number of allylic oxidation sites excluding steroid dienone is 5. The number of nitrogens with zero attached hydrogens (tertiary/aromatic N) is 1. The van der Waals surface area contributed by atoms with Crippen molar-refractivity contribution in [2.24, 2.45) is 0 Å². The van der Waals surface area contributed by atoms with Gasteiger partial charge in [-0.2, -0.15) is 0 Å². The Kier molecular flexibility index (Phi) is 3.49. The summed E-state index contributed by atoms with van der Waals surface area (Å²) in [5.41, 5.74) is 4.86. The molecule has 0 N–H and O–H groups in total. The number of benzene rings is 2. The van der Waals surface area contributed by atoms with Gasteiger partial charge in [0, 0.05) is 16.5 Å². The van der Waals surface area contributed by atoms with E-state index in [2.05, 4.69) is 72.7 Å². The molecule has 0 bridgehead atoms. The van der Waals surface area contributed by atoms with E-state index in [-0.39, 0.29) is 0 Å². The summed E-state index contributed by atoms with van der Waals surface area (Å²) in [4.78, 5) is 0. The zero-order chi connectivity index (χ0) is 14.8. The summed E-state index contributed by atoms with van der Waals surface area (Å²) in [6.45, 7) is 8.02. The Bertz CT molecular complexity index is 875. The molecule has 0 saturated carbocycles. The van der Waals surface area contributed by atoms with Crippen molar-refractivity contribution in [1.29, 1.82) is 0 Å². The molecule has 3 aromatic rings. The third-order valence-corrected chi connectivity index (χ3v) is 3.71. The van der Waals surface area contributed by atoms with Crippen LogP contribution in [0.5, 0.6) is 0 Å². The minimum atomic E-state index is 1.13. The van der Waals surface area contributed by atoms with Crippen molar-refractivity contribution < 1.29 is 0 Å². The first kappa shape index (κ1) is 13.4. The van der Waals surface area contributed by atoms with E-state index in [1.807, 2.05) is 19.1 Å². The SMILES string of the molecule is C=C/C=C(\C=C/C)n1c2ccccc2c2ccc(C)cc21. The van der Waals surface area contributed by atoms with Crippen LogP contribution in [-0.2, 0) is 0 Å². The van der Waals surface area contributed by atoms with E-state index >= 15 is 0 Å². The summed E-state index contributed by atoms with van der Waals surface area (Å²) < 4.78 is 2.30. The molecule has 104 valence electrons. The number of hydrogen-bond acceptors (Lipinski definition) is 0. The van der Waals surface area contributed by atoms with Crippen molar-refractivity contribution >= 4 is 27.5 Å². The fourth-order valence-corrected chi connectivity index (χ4v) is 2.85. The maximum Gasteiger partial charge on any atom is 0.0543 e. The van der Waals surface area contributed by atoms with Gasteiger partial charge < -0.3 is 4.57 Å². The lowest BCUT2D eigenvalue weighted by molar-refractivity contribution is 1.23. The molecule has 3 rings (SSSR count). The van der Waals surface area contributed by atoms with E-state index < -0.39 is 0 Å². The molecular weight excluding hydrogens is 254 g/mol. The van der Waals surface area contributed by atoms with Crippen LogP contribution in [0, 0.1) is 6.92 Å². The Morgan fingerprint density at radius 2 is 1.81 bits per heavy atom. The molecule has 0 atom stereocenters. The summed E-state index contributed by atoms with van der Waals surface area (Å²) in [6, 6.07) is 15.2. The van der Waals surface area contributed by atoms with Crippen molar-refractivity contribution in [1.82, 2.24) is 4.57 Å². The highest BCUT2D eigenvalue weighted by Crippen LogP contribution is 2.32. The Morgan fingerprint density at radius 3 is 2.57 bits per heavy atom. The third kappa shape index (κ3) is 2.21. The monoisotopic (exact) mass is 273 g/mol. The first-order chi connectivity index (χ1) is 10.3. The average molecular weight is 273 g/mol. The summed E-state index contributed by atoms with van der Waals surface area (Å²) in [5.74, 6) is 0. The minimum absolute atomic E-state index is 1.13. The van der Waals surface area contributed by atoms with Gasteiger partial charge in [0.25, 0.3) is 0 Å². The van der Waals surface area contributed by atoms with Crippen molar-refractivity contribution in [3.8, 4) is 0 Å². The molecule has 0 spiro atoms. The Labute approximate surface area is 125 Å². The van der Waals surface area contributed by atoms with E-state index in [0.717, 1.165) is 5.70 Å². The molecule has 0 radical (unpaired) electrons. The van der Waals surface area contributed by atoms with Crippen molar-refractivity contribution in [2.45, 2.75) is 13.8 Å². The molecule has 0 amide bonds. The summed E-state index contributed by atoms with van der Waals surface area (Å²) in [5, 5.41) is 2.57. The fraction of sp³-hybridized carbons (Fsp3) is 0.100. The highest BCUT2D eigenvalue weighted by Gasteiger charge is 2.11. The molecule has 0 fully saturated rings. The average Bonchev–Trinajstić information content (AvgIpc) is 2.80. The van der Waals surface area contributed by atoms with Crippen LogP contribution in [0.15, 0.2) is 73.3 Å². The number of aryl methyl sites for hydroxylation is 1. The van der Waals surface area contributed by atoms with Crippen LogP contribution in [0.1, 0.15) is 12.5 Å². The Balaban J connectivity index is 2.50. The van der Waals surface area contributed by atoms with Crippen LogP contribution in [0.3, 0.4) is 0 Å². The summed E-state index contributed by atoms with van der Waals surface area (Å²) in [6.07, 6.45) is 8.07. The lowest BCUT2D eigenvalue weighted by Gasteiger charge is -2.08. The first-order valence-electron chi connectivity index (χ1n) is 7.22. The van der Waals surface area contributed by atoms with Crippen LogP contribution in [0.2, 0.25) is 0 Å². The summed E-state index contributed by atoms with van der Waals surface area (Å²) in [7, 11) is 0. The Hall–Kier alpha value is -2.54. The maximum absolute atomic E-state index is 3.85. The van der Waals surface area contributed by atoms with Crippen LogP contribution in [0.25, 0.3) is 27.5 Å². The van der Waals surface area contributed by atoms with Gasteiger partial charge in [-0.15, -0.1) is 0 Å². The van der Waals surface area contributed by atoms with Gasteiger partial charge in [0.1, 0.15) is 0 Å². The van der Waals surface area contributed by atoms with Crippen LogP contribution < -0.4 is 0 Å². The largest absolute Gasteiger partial charge is 0.309 e. The van der Waals surface area contributed by atoms with Crippen molar-refractivity contribution in [3.05, 3.63) is 78.9 Å². The predicted molar refractivity (Wildman–Crippen MR) is 93.5 cm³/mol. The molecule has 1 nitrogen and oxygen atoms in total. The molecule has 0 aliphatic heterocycles. The topological polar surface area (TPSA) is 4.93 Å². The summed E-state index contributed by atoms with van der Waals surface area (Å²) >= 11 is 0. The minimum Gasteiger partial charge on any atom is -0.309 e. The molecule has 0 aliphatic carbocycles. The van der Waals surface area contributed by atoms with Crippen molar-refractivity contribution in [2.75, 3.05) is 0 Å². The first-order valence-corrected chi connectivity index (χ1v) is 7.22. The standard InChI is InChI=1S/C20H19N/c1-4-8-16(9-5-2)21-19-11-7-6-10-17(19)18-13-12-15(3)14-20(18)21/h4-14H,1H2,2-3H3/b9-5-,16-8+. The molecule has 21 heavy (non-hydrogen) atoms. The van der Waals surface area contributed by atoms with Gasteiger partial charge in [0.15, 0.2) is 0 Å². The normalized spacial score (nSPS) is 12.6. The number of rotatable bonds is 3. The molecule has 1 heteroatoms. The van der Waals surface area contributed by atoms with Gasteiger partial charge >= 0.3 is 0 Å². The van der Waals surface area contributed by atoms with Gasteiger partial charge in [-0.3, -0.25) is 0 Å². The van der Waals surface area contributed by atoms with E-state index in [9.17, 15) is 0 Å². The molecule has 0 saturated heterocycles. The van der Waals surface area contributed by atoms with E-state index in [1.165, 1.54) is 27.4 Å². The fourth-order valence-electron chi connectivity index (χ4n) is 2.85. The van der Waals surface area contributed by atoms with E-state index in [0.29, 0.717) is 0 Å². The molecular formula is C20H19N. The van der Waals surface area contributed by atoms with E-state index in [1.54, 1.807) is 0 Å². The number of hydrogen-bond donors (Lipinski definition) is 0. The Morgan fingerprint density at radius 1 is 1.05 bits per heavy atom. The second-order valence-electron chi connectivity index (χ2n) is 5.20. The van der Waals surface area contributed by atoms with Gasteiger partial charge in [-0.1, -0.05) is 49.1 Å². The van der Waals surface area contributed by atoms with Crippen molar-refractivity contribution in [3.63, 3.8) is 0 Å².